The molecule has 2 unspecified atom stereocenters. The van der Waals surface area contributed by atoms with E-state index in [2.05, 4.69) is 31.1 Å². The molecule has 0 aromatic rings. The fourth-order valence-corrected chi connectivity index (χ4v) is 2.30. The van der Waals surface area contributed by atoms with Crippen molar-refractivity contribution in [3.05, 3.63) is 0 Å². The van der Waals surface area contributed by atoms with Gasteiger partial charge >= 0.3 is 0 Å². The van der Waals surface area contributed by atoms with E-state index in [1.807, 2.05) is 0 Å². The number of hydrogen-bond acceptors (Lipinski definition) is 2. The molecule has 0 aliphatic carbocycles. The zero-order chi connectivity index (χ0) is 8.97. The van der Waals surface area contributed by atoms with Gasteiger partial charge in [-0.1, -0.05) is 13.8 Å². The van der Waals surface area contributed by atoms with Crippen molar-refractivity contribution in [2.45, 2.75) is 32.7 Å². The van der Waals surface area contributed by atoms with Crippen LogP contribution in [0, 0.1) is 5.92 Å². The fraction of sp³-hybridized carbons (Fsp3) is 1.00. The molecule has 72 valence electrons. The Morgan fingerprint density at radius 2 is 2.17 bits per heavy atom. The van der Waals surface area contributed by atoms with Crippen LogP contribution >= 0.6 is 0 Å². The fourth-order valence-electron chi connectivity index (χ4n) is 2.30. The first kappa shape index (κ1) is 10.0. The molecule has 0 aromatic heterocycles. The van der Waals surface area contributed by atoms with Crippen molar-refractivity contribution in [2.75, 3.05) is 26.7 Å². The summed E-state index contributed by atoms with van der Waals surface area (Å²) in [4.78, 5) is 2.50. The van der Waals surface area contributed by atoms with Gasteiger partial charge < -0.3 is 10.2 Å². The summed E-state index contributed by atoms with van der Waals surface area (Å²) < 4.78 is 0. The van der Waals surface area contributed by atoms with E-state index in [9.17, 15) is 0 Å². The van der Waals surface area contributed by atoms with Crippen LogP contribution in [-0.2, 0) is 0 Å². The molecule has 1 rings (SSSR count). The summed E-state index contributed by atoms with van der Waals surface area (Å²) in [6, 6.07) is 0.823. The Hall–Kier alpha value is -0.0800. The summed E-state index contributed by atoms with van der Waals surface area (Å²) >= 11 is 0. The van der Waals surface area contributed by atoms with Crippen molar-refractivity contribution in [1.82, 2.24) is 10.2 Å². The van der Waals surface area contributed by atoms with E-state index in [1.165, 1.54) is 25.9 Å². The van der Waals surface area contributed by atoms with Crippen LogP contribution < -0.4 is 5.32 Å². The highest BCUT2D eigenvalue weighted by Gasteiger charge is 2.29. The molecule has 1 heterocycles. The smallest absolute Gasteiger partial charge is 0.0130 e. The summed E-state index contributed by atoms with van der Waals surface area (Å²) in [5.74, 6) is 0.889. The summed E-state index contributed by atoms with van der Waals surface area (Å²) in [6.07, 6.45) is 2.68. The Morgan fingerprint density at radius 3 is 2.75 bits per heavy atom. The third-order valence-electron chi connectivity index (χ3n) is 3.04. The highest BCUT2D eigenvalue weighted by atomic mass is 15.2. The molecule has 1 aliphatic rings. The predicted octanol–water partition coefficient (Wildman–Crippen LogP) is 1.33. The van der Waals surface area contributed by atoms with Gasteiger partial charge in [-0.15, -0.1) is 0 Å². The lowest BCUT2D eigenvalue weighted by atomic mass is 9.98. The second-order valence-corrected chi connectivity index (χ2v) is 3.81. The second kappa shape index (κ2) is 4.83. The van der Waals surface area contributed by atoms with Gasteiger partial charge in [0, 0.05) is 6.04 Å². The first-order valence-corrected chi connectivity index (χ1v) is 5.20. The van der Waals surface area contributed by atoms with E-state index in [4.69, 9.17) is 0 Å². The van der Waals surface area contributed by atoms with Crippen molar-refractivity contribution in [2.24, 2.45) is 5.92 Å². The molecular weight excluding hydrogens is 148 g/mol. The van der Waals surface area contributed by atoms with Crippen molar-refractivity contribution in [1.29, 1.82) is 0 Å². The van der Waals surface area contributed by atoms with E-state index in [0.717, 1.165) is 18.5 Å². The molecule has 2 nitrogen and oxygen atoms in total. The highest BCUT2D eigenvalue weighted by Crippen LogP contribution is 2.24. The normalized spacial score (nSPS) is 31.2. The van der Waals surface area contributed by atoms with Gasteiger partial charge in [-0.05, 0) is 45.4 Å². The van der Waals surface area contributed by atoms with Crippen LogP contribution in [0.2, 0.25) is 0 Å². The van der Waals surface area contributed by atoms with Gasteiger partial charge in [0.05, 0.1) is 0 Å². The Kier molecular flexibility index (Phi) is 4.02. The molecule has 0 bridgehead atoms. The third kappa shape index (κ3) is 2.20. The molecule has 2 heteroatoms. The zero-order valence-corrected chi connectivity index (χ0v) is 8.64. The Labute approximate surface area is 76.3 Å². The number of rotatable bonds is 4. The van der Waals surface area contributed by atoms with Crippen LogP contribution in [0.25, 0.3) is 0 Å². The lowest BCUT2D eigenvalue weighted by molar-refractivity contribution is 0.260. The average molecular weight is 170 g/mol. The molecule has 0 aromatic carbocycles. The Morgan fingerprint density at radius 1 is 1.42 bits per heavy atom. The van der Waals surface area contributed by atoms with Crippen LogP contribution in [0.1, 0.15) is 26.7 Å². The maximum absolute atomic E-state index is 3.45. The van der Waals surface area contributed by atoms with Crippen LogP contribution in [0.15, 0.2) is 0 Å². The van der Waals surface area contributed by atoms with Crippen LogP contribution in [-0.4, -0.2) is 37.6 Å². The SMILES string of the molecule is CCNCC1CCN(C)C1CC. The minimum atomic E-state index is 0.823. The van der Waals surface area contributed by atoms with Gasteiger partial charge in [-0.2, -0.15) is 0 Å². The maximum Gasteiger partial charge on any atom is 0.0130 e. The van der Waals surface area contributed by atoms with Gasteiger partial charge in [-0.3, -0.25) is 0 Å². The second-order valence-electron chi connectivity index (χ2n) is 3.81. The molecule has 12 heavy (non-hydrogen) atoms. The first-order valence-electron chi connectivity index (χ1n) is 5.20. The quantitative estimate of drug-likeness (QED) is 0.684. The highest BCUT2D eigenvalue weighted by molar-refractivity contribution is 4.85. The van der Waals surface area contributed by atoms with E-state index < -0.39 is 0 Å². The summed E-state index contributed by atoms with van der Waals surface area (Å²) in [5.41, 5.74) is 0. The number of likely N-dealkylation sites (tertiary alicyclic amines) is 1. The molecule has 2 atom stereocenters. The number of hydrogen-bond donors (Lipinski definition) is 1. The van der Waals surface area contributed by atoms with Crippen molar-refractivity contribution >= 4 is 0 Å². The number of nitrogens with zero attached hydrogens (tertiary/aromatic N) is 1. The third-order valence-corrected chi connectivity index (χ3v) is 3.04. The van der Waals surface area contributed by atoms with Gasteiger partial charge in [0.1, 0.15) is 0 Å². The van der Waals surface area contributed by atoms with E-state index in [1.54, 1.807) is 0 Å². The molecule has 1 saturated heterocycles. The summed E-state index contributed by atoms with van der Waals surface area (Å²) in [5, 5.41) is 3.45. The predicted molar refractivity (Wildman–Crippen MR) is 53.4 cm³/mol. The van der Waals surface area contributed by atoms with E-state index in [0.29, 0.717) is 0 Å². The Bertz CT molecular complexity index is 125. The Balaban J connectivity index is 2.32. The lowest BCUT2D eigenvalue weighted by Gasteiger charge is -2.23. The molecule has 1 aliphatic heterocycles. The number of nitrogens with one attached hydrogen (secondary N) is 1. The summed E-state index contributed by atoms with van der Waals surface area (Å²) in [7, 11) is 2.25. The first-order chi connectivity index (χ1) is 5.79. The minimum absolute atomic E-state index is 0.823. The monoisotopic (exact) mass is 170 g/mol. The summed E-state index contributed by atoms with van der Waals surface area (Å²) in [6.45, 7) is 8.08. The topological polar surface area (TPSA) is 15.3 Å². The maximum atomic E-state index is 3.45. The van der Waals surface area contributed by atoms with Crippen LogP contribution in [0.4, 0.5) is 0 Å². The molecule has 0 spiro atoms. The van der Waals surface area contributed by atoms with Crippen LogP contribution in [0.3, 0.4) is 0 Å². The molecule has 1 fully saturated rings. The van der Waals surface area contributed by atoms with E-state index >= 15 is 0 Å². The molecule has 1 N–H and O–H groups in total. The van der Waals surface area contributed by atoms with E-state index in [-0.39, 0.29) is 0 Å². The van der Waals surface area contributed by atoms with Crippen LogP contribution in [0.5, 0.6) is 0 Å². The van der Waals surface area contributed by atoms with Gasteiger partial charge in [0.25, 0.3) is 0 Å². The van der Waals surface area contributed by atoms with Crippen molar-refractivity contribution < 1.29 is 0 Å². The van der Waals surface area contributed by atoms with Gasteiger partial charge in [-0.25, -0.2) is 0 Å². The van der Waals surface area contributed by atoms with Gasteiger partial charge in [0.15, 0.2) is 0 Å². The largest absolute Gasteiger partial charge is 0.317 e. The molecule has 0 saturated carbocycles. The molecular formula is C10H22N2. The standard InChI is InChI=1S/C10H22N2/c1-4-10-9(8-11-5-2)6-7-12(10)3/h9-11H,4-8H2,1-3H3. The van der Waals surface area contributed by atoms with Crippen molar-refractivity contribution in [3.63, 3.8) is 0 Å². The average Bonchev–Trinajstić information content (AvgIpc) is 2.43. The lowest BCUT2D eigenvalue weighted by Crippen LogP contribution is -2.33. The molecule has 0 radical (unpaired) electrons. The molecule has 0 amide bonds. The zero-order valence-electron chi connectivity index (χ0n) is 8.64. The minimum Gasteiger partial charge on any atom is -0.317 e. The van der Waals surface area contributed by atoms with Crippen molar-refractivity contribution in [3.8, 4) is 0 Å². The van der Waals surface area contributed by atoms with Gasteiger partial charge in [0.2, 0.25) is 0 Å².